The van der Waals surface area contributed by atoms with Crippen LogP contribution in [-0.2, 0) is 4.79 Å². The minimum Gasteiger partial charge on any atom is -0.346 e. The molecule has 0 aliphatic heterocycles. The molecule has 1 atom stereocenters. The van der Waals surface area contributed by atoms with E-state index in [1.165, 1.54) is 11.3 Å². The number of carbonyl (C=O) groups excluding carboxylic acids is 2. The van der Waals surface area contributed by atoms with Crippen molar-refractivity contribution in [3.63, 3.8) is 0 Å². The number of aryl methyl sites for hydroxylation is 1. The number of anilines is 1. The molecule has 0 radical (unpaired) electrons. The largest absolute Gasteiger partial charge is 0.346 e. The van der Waals surface area contributed by atoms with E-state index in [0.29, 0.717) is 11.4 Å². The van der Waals surface area contributed by atoms with Gasteiger partial charge >= 0.3 is 0 Å². The third kappa shape index (κ3) is 4.91. The van der Waals surface area contributed by atoms with E-state index in [-0.39, 0.29) is 29.7 Å². The average molecular weight is 387 g/mol. The summed E-state index contributed by atoms with van der Waals surface area (Å²) in [7, 11) is 0. The summed E-state index contributed by atoms with van der Waals surface area (Å²) < 4.78 is 0. The Morgan fingerprint density at radius 2 is 1.96 bits per heavy atom. The average Bonchev–Trinajstić information content (AvgIpc) is 3.33. The lowest BCUT2D eigenvalue weighted by Crippen LogP contribution is -2.35. The smallest absolute Gasteiger partial charge is 0.275 e. The SMILES string of the molecule is Cc1ccc(NC(=O)c2csc([C@@H](NC(=O)C3CCCC3)C(C)C)n2)cn1. The minimum absolute atomic E-state index is 0.109. The normalized spacial score (nSPS) is 15.7. The first-order valence-corrected chi connectivity index (χ1v) is 10.3. The van der Waals surface area contributed by atoms with Gasteiger partial charge in [-0.05, 0) is 37.8 Å². The number of nitrogens with zero attached hydrogens (tertiary/aromatic N) is 2. The monoisotopic (exact) mass is 386 g/mol. The highest BCUT2D eigenvalue weighted by molar-refractivity contribution is 7.10. The van der Waals surface area contributed by atoms with Crippen LogP contribution in [0.1, 0.15) is 66.8 Å². The molecule has 2 aromatic rings. The standard InChI is InChI=1S/C20H26N4O2S/c1-12(2)17(24-18(25)14-6-4-5-7-14)20-23-16(11-27-20)19(26)22-15-9-8-13(3)21-10-15/h8-12,14,17H,4-7H2,1-3H3,(H,22,26)(H,24,25)/t17-/m0/s1. The zero-order chi connectivity index (χ0) is 19.4. The van der Waals surface area contributed by atoms with Crippen molar-refractivity contribution in [2.75, 3.05) is 5.32 Å². The van der Waals surface area contributed by atoms with E-state index in [4.69, 9.17) is 0 Å². The van der Waals surface area contributed by atoms with Crippen molar-refractivity contribution in [2.24, 2.45) is 11.8 Å². The van der Waals surface area contributed by atoms with Gasteiger partial charge < -0.3 is 10.6 Å². The number of thiazole rings is 1. The molecule has 1 fully saturated rings. The van der Waals surface area contributed by atoms with Crippen molar-refractivity contribution in [2.45, 2.75) is 52.5 Å². The highest BCUT2D eigenvalue weighted by Crippen LogP contribution is 2.29. The number of hydrogen-bond donors (Lipinski definition) is 2. The van der Waals surface area contributed by atoms with Gasteiger partial charge in [0, 0.05) is 17.0 Å². The fourth-order valence-corrected chi connectivity index (χ4v) is 4.27. The third-order valence-corrected chi connectivity index (χ3v) is 5.81. The van der Waals surface area contributed by atoms with Crippen LogP contribution < -0.4 is 10.6 Å². The van der Waals surface area contributed by atoms with E-state index in [2.05, 4.69) is 34.4 Å². The number of pyridine rings is 1. The second-order valence-electron chi connectivity index (χ2n) is 7.43. The summed E-state index contributed by atoms with van der Waals surface area (Å²) in [6.07, 6.45) is 5.80. The van der Waals surface area contributed by atoms with Gasteiger partial charge in [-0.2, -0.15) is 0 Å². The fraction of sp³-hybridized carbons (Fsp3) is 0.500. The number of carbonyl (C=O) groups is 2. The summed E-state index contributed by atoms with van der Waals surface area (Å²) in [6.45, 7) is 6.00. The fourth-order valence-electron chi connectivity index (χ4n) is 3.24. The predicted molar refractivity (Wildman–Crippen MR) is 107 cm³/mol. The summed E-state index contributed by atoms with van der Waals surface area (Å²) in [5, 5.41) is 8.46. The van der Waals surface area contributed by atoms with Gasteiger partial charge in [-0.25, -0.2) is 4.98 Å². The molecule has 6 nitrogen and oxygen atoms in total. The molecule has 0 aromatic carbocycles. The van der Waals surface area contributed by atoms with E-state index in [9.17, 15) is 9.59 Å². The third-order valence-electron chi connectivity index (χ3n) is 4.88. The Bertz CT molecular complexity index is 795. The van der Waals surface area contributed by atoms with Crippen molar-refractivity contribution in [1.29, 1.82) is 0 Å². The lowest BCUT2D eigenvalue weighted by atomic mass is 10.0. The minimum atomic E-state index is -0.271. The van der Waals surface area contributed by atoms with Crippen molar-refractivity contribution < 1.29 is 9.59 Å². The summed E-state index contributed by atoms with van der Waals surface area (Å²) in [6, 6.07) is 3.48. The van der Waals surface area contributed by atoms with Crippen LogP contribution >= 0.6 is 11.3 Å². The molecular weight excluding hydrogens is 360 g/mol. The molecule has 0 unspecified atom stereocenters. The Balaban J connectivity index is 1.68. The van der Waals surface area contributed by atoms with Gasteiger partial charge in [0.25, 0.3) is 5.91 Å². The van der Waals surface area contributed by atoms with Crippen molar-refractivity contribution >= 4 is 28.8 Å². The molecule has 1 aliphatic rings. The summed E-state index contributed by atoms with van der Waals surface area (Å²) in [5.74, 6) is 0.146. The van der Waals surface area contributed by atoms with Gasteiger partial charge in [-0.15, -0.1) is 11.3 Å². The maximum atomic E-state index is 12.5. The van der Waals surface area contributed by atoms with Crippen LogP contribution in [0.4, 0.5) is 5.69 Å². The molecule has 27 heavy (non-hydrogen) atoms. The van der Waals surface area contributed by atoms with Gasteiger partial charge in [0.2, 0.25) is 5.91 Å². The van der Waals surface area contributed by atoms with Gasteiger partial charge in [-0.3, -0.25) is 14.6 Å². The second-order valence-corrected chi connectivity index (χ2v) is 8.31. The zero-order valence-electron chi connectivity index (χ0n) is 16.0. The van der Waals surface area contributed by atoms with Crippen LogP contribution in [0.3, 0.4) is 0 Å². The molecular formula is C20H26N4O2S. The molecule has 0 bridgehead atoms. The maximum Gasteiger partial charge on any atom is 0.275 e. The number of amides is 2. The summed E-state index contributed by atoms with van der Waals surface area (Å²) in [4.78, 5) is 33.6. The lowest BCUT2D eigenvalue weighted by Gasteiger charge is -2.22. The first-order chi connectivity index (χ1) is 12.9. The Hall–Kier alpha value is -2.28. The van der Waals surface area contributed by atoms with Crippen LogP contribution in [0.2, 0.25) is 0 Å². The Kier molecular flexibility index (Phi) is 6.21. The number of aromatic nitrogens is 2. The van der Waals surface area contributed by atoms with Crippen LogP contribution in [0.15, 0.2) is 23.7 Å². The second kappa shape index (κ2) is 8.61. The molecule has 0 spiro atoms. The van der Waals surface area contributed by atoms with E-state index in [0.717, 1.165) is 36.4 Å². The van der Waals surface area contributed by atoms with E-state index < -0.39 is 0 Å². The van der Waals surface area contributed by atoms with Crippen molar-refractivity contribution in [3.05, 3.63) is 40.1 Å². The molecule has 1 saturated carbocycles. The highest BCUT2D eigenvalue weighted by Gasteiger charge is 2.28. The molecule has 1 aliphatic carbocycles. The van der Waals surface area contributed by atoms with Gasteiger partial charge in [0.15, 0.2) is 0 Å². The Morgan fingerprint density at radius 1 is 1.22 bits per heavy atom. The molecule has 3 rings (SSSR count). The van der Waals surface area contributed by atoms with E-state index in [1.807, 2.05) is 19.1 Å². The topological polar surface area (TPSA) is 84.0 Å². The summed E-state index contributed by atoms with van der Waals surface area (Å²) in [5.41, 5.74) is 1.88. The Labute approximate surface area is 163 Å². The van der Waals surface area contributed by atoms with E-state index >= 15 is 0 Å². The van der Waals surface area contributed by atoms with Crippen LogP contribution in [0, 0.1) is 18.8 Å². The number of hydrogen-bond acceptors (Lipinski definition) is 5. The summed E-state index contributed by atoms with van der Waals surface area (Å²) >= 11 is 1.41. The molecule has 2 heterocycles. The number of nitrogens with one attached hydrogen (secondary N) is 2. The predicted octanol–water partition coefficient (Wildman–Crippen LogP) is 4.10. The van der Waals surface area contributed by atoms with Crippen LogP contribution in [0.5, 0.6) is 0 Å². The quantitative estimate of drug-likeness (QED) is 0.783. The maximum absolute atomic E-state index is 12.5. The highest BCUT2D eigenvalue weighted by atomic mass is 32.1. The lowest BCUT2D eigenvalue weighted by molar-refractivity contribution is -0.125. The molecule has 2 aromatic heterocycles. The van der Waals surface area contributed by atoms with Gasteiger partial charge in [0.1, 0.15) is 10.7 Å². The molecule has 7 heteroatoms. The van der Waals surface area contributed by atoms with Crippen molar-refractivity contribution in [1.82, 2.24) is 15.3 Å². The van der Waals surface area contributed by atoms with Gasteiger partial charge in [-0.1, -0.05) is 26.7 Å². The van der Waals surface area contributed by atoms with E-state index in [1.54, 1.807) is 11.6 Å². The van der Waals surface area contributed by atoms with Crippen molar-refractivity contribution in [3.8, 4) is 0 Å². The molecule has 2 amide bonds. The molecule has 0 saturated heterocycles. The first kappa shape index (κ1) is 19.5. The Morgan fingerprint density at radius 3 is 2.59 bits per heavy atom. The zero-order valence-corrected chi connectivity index (χ0v) is 16.8. The van der Waals surface area contributed by atoms with Crippen LogP contribution in [-0.4, -0.2) is 21.8 Å². The molecule has 2 N–H and O–H groups in total. The number of rotatable bonds is 6. The molecule has 144 valence electrons. The van der Waals surface area contributed by atoms with Gasteiger partial charge in [0.05, 0.1) is 17.9 Å². The van der Waals surface area contributed by atoms with Crippen LogP contribution in [0.25, 0.3) is 0 Å². The first-order valence-electron chi connectivity index (χ1n) is 9.44.